The summed E-state index contributed by atoms with van der Waals surface area (Å²) in [6.07, 6.45) is 0.673. The molecule has 5 nitrogen and oxygen atoms in total. The number of benzene rings is 3. The second-order valence-electron chi connectivity index (χ2n) is 7.03. The van der Waals surface area contributed by atoms with E-state index in [9.17, 15) is 9.59 Å². The van der Waals surface area contributed by atoms with Gasteiger partial charge in [-0.25, -0.2) is 0 Å². The Bertz CT molecular complexity index is 1050. The Labute approximate surface area is 187 Å². The average Bonchev–Trinajstić information content (AvgIpc) is 2.78. The number of ether oxygens (including phenoxy) is 1. The van der Waals surface area contributed by atoms with Gasteiger partial charge in [-0.05, 0) is 67.4 Å². The highest BCUT2D eigenvalue weighted by Gasteiger charge is 2.18. The van der Waals surface area contributed by atoms with Crippen LogP contribution in [0.3, 0.4) is 0 Å². The molecule has 6 heteroatoms. The second-order valence-corrected chi connectivity index (χ2v) is 8.31. The van der Waals surface area contributed by atoms with Crippen molar-refractivity contribution in [1.82, 2.24) is 0 Å². The zero-order valence-corrected chi connectivity index (χ0v) is 18.7. The molecule has 0 aliphatic carbocycles. The van der Waals surface area contributed by atoms with Crippen LogP contribution in [0.5, 0.6) is 5.75 Å². The number of thioether (sulfide) groups is 1. The summed E-state index contributed by atoms with van der Waals surface area (Å²) in [4.78, 5) is 26.3. The first-order chi connectivity index (χ1) is 15.0. The number of carbonyl (C=O) groups is 2. The lowest BCUT2D eigenvalue weighted by Gasteiger charge is -2.16. The zero-order chi connectivity index (χ0) is 22.2. The molecule has 31 heavy (non-hydrogen) atoms. The van der Waals surface area contributed by atoms with Gasteiger partial charge in [-0.3, -0.25) is 9.59 Å². The summed E-state index contributed by atoms with van der Waals surface area (Å²) in [5.74, 6) is 0.528. The summed E-state index contributed by atoms with van der Waals surface area (Å²) in [5, 5.41) is 5.64. The molecule has 2 amide bonds. The van der Waals surface area contributed by atoms with Crippen LogP contribution >= 0.6 is 11.8 Å². The first-order valence-corrected chi connectivity index (χ1v) is 11.0. The Kier molecular flexibility index (Phi) is 7.73. The van der Waals surface area contributed by atoms with Crippen LogP contribution in [-0.2, 0) is 4.79 Å². The lowest BCUT2D eigenvalue weighted by molar-refractivity contribution is -0.115. The molecule has 0 bridgehead atoms. The number of carbonyl (C=O) groups excluding carboxylic acids is 2. The largest absolute Gasteiger partial charge is 0.497 e. The van der Waals surface area contributed by atoms with Gasteiger partial charge in [0.15, 0.2) is 0 Å². The Morgan fingerprint density at radius 1 is 0.935 bits per heavy atom. The number of rotatable bonds is 8. The number of nitrogens with one attached hydrogen (secondary N) is 2. The minimum Gasteiger partial charge on any atom is -0.497 e. The number of anilines is 2. The Hall–Kier alpha value is -3.25. The molecule has 3 rings (SSSR count). The van der Waals surface area contributed by atoms with E-state index in [1.165, 1.54) is 11.8 Å². The van der Waals surface area contributed by atoms with Crippen molar-refractivity contribution in [1.29, 1.82) is 0 Å². The van der Waals surface area contributed by atoms with E-state index in [1.807, 2.05) is 80.6 Å². The van der Waals surface area contributed by atoms with Crippen LogP contribution in [0, 0.1) is 6.92 Å². The molecule has 1 atom stereocenters. The van der Waals surface area contributed by atoms with Gasteiger partial charge in [0, 0.05) is 21.8 Å². The van der Waals surface area contributed by atoms with Crippen molar-refractivity contribution in [2.75, 3.05) is 17.7 Å². The molecule has 0 aliphatic heterocycles. The van der Waals surface area contributed by atoms with E-state index in [1.54, 1.807) is 13.2 Å². The quantitative estimate of drug-likeness (QED) is 0.442. The van der Waals surface area contributed by atoms with Gasteiger partial charge in [0.05, 0.1) is 12.4 Å². The summed E-state index contributed by atoms with van der Waals surface area (Å²) in [6.45, 7) is 3.89. The van der Waals surface area contributed by atoms with Crippen LogP contribution in [0.25, 0.3) is 0 Å². The van der Waals surface area contributed by atoms with Crippen LogP contribution < -0.4 is 15.4 Å². The molecule has 0 spiro atoms. The van der Waals surface area contributed by atoms with Crippen LogP contribution in [0.1, 0.15) is 29.3 Å². The van der Waals surface area contributed by atoms with Crippen molar-refractivity contribution in [3.8, 4) is 5.75 Å². The summed E-state index contributed by atoms with van der Waals surface area (Å²) in [5.41, 5.74) is 2.99. The number of hydrogen-bond donors (Lipinski definition) is 2. The van der Waals surface area contributed by atoms with Crippen molar-refractivity contribution in [3.05, 3.63) is 83.9 Å². The molecule has 0 saturated heterocycles. The second kappa shape index (κ2) is 10.7. The Morgan fingerprint density at radius 2 is 1.68 bits per heavy atom. The van der Waals surface area contributed by atoms with Gasteiger partial charge in [0.1, 0.15) is 5.75 Å². The minimum absolute atomic E-state index is 0.0629. The molecule has 3 aromatic carbocycles. The van der Waals surface area contributed by atoms with Crippen molar-refractivity contribution in [2.24, 2.45) is 0 Å². The highest BCUT2D eigenvalue weighted by atomic mass is 32.2. The molecule has 1 unspecified atom stereocenters. The fraction of sp³-hybridized carbons (Fsp3) is 0.200. The van der Waals surface area contributed by atoms with Gasteiger partial charge in [0.25, 0.3) is 5.91 Å². The molecule has 160 valence electrons. The van der Waals surface area contributed by atoms with Crippen molar-refractivity contribution >= 4 is 35.0 Å². The lowest BCUT2D eigenvalue weighted by atomic mass is 10.1. The molecule has 0 fully saturated rings. The molecule has 0 aliphatic rings. The number of aryl methyl sites for hydroxylation is 1. The fourth-order valence-electron chi connectivity index (χ4n) is 3.06. The molecule has 0 saturated carbocycles. The topological polar surface area (TPSA) is 67.4 Å². The summed E-state index contributed by atoms with van der Waals surface area (Å²) in [6, 6.07) is 22.3. The highest BCUT2D eigenvalue weighted by molar-refractivity contribution is 8.00. The maximum atomic E-state index is 12.8. The van der Waals surface area contributed by atoms with E-state index in [-0.39, 0.29) is 17.1 Å². The van der Waals surface area contributed by atoms with E-state index in [0.717, 1.165) is 21.9 Å². The smallest absolute Gasteiger partial charge is 0.255 e. The predicted molar refractivity (Wildman–Crippen MR) is 127 cm³/mol. The zero-order valence-electron chi connectivity index (χ0n) is 17.8. The SMILES string of the molecule is CCC(Sc1cccc(NC(=O)c2ccccc2C)c1)C(=O)Nc1ccc(OC)cc1. The first-order valence-electron chi connectivity index (χ1n) is 10.1. The predicted octanol–water partition coefficient (Wildman–Crippen LogP) is 5.77. The lowest BCUT2D eigenvalue weighted by Crippen LogP contribution is -2.24. The minimum atomic E-state index is -0.260. The van der Waals surface area contributed by atoms with Crippen LogP contribution in [0.15, 0.2) is 77.7 Å². The van der Waals surface area contributed by atoms with Gasteiger partial charge in [-0.2, -0.15) is 0 Å². The molecular weight excluding hydrogens is 408 g/mol. The number of methoxy groups -OCH3 is 1. The van der Waals surface area contributed by atoms with E-state index in [0.29, 0.717) is 17.7 Å². The van der Waals surface area contributed by atoms with E-state index in [4.69, 9.17) is 4.74 Å². The van der Waals surface area contributed by atoms with Crippen molar-refractivity contribution < 1.29 is 14.3 Å². The molecule has 2 N–H and O–H groups in total. The fourth-order valence-corrected chi connectivity index (χ4v) is 4.07. The van der Waals surface area contributed by atoms with E-state index < -0.39 is 0 Å². The molecular formula is C25H26N2O3S. The van der Waals surface area contributed by atoms with Gasteiger partial charge >= 0.3 is 0 Å². The first kappa shape index (κ1) is 22.4. The van der Waals surface area contributed by atoms with E-state index in [2.05, 4.69) is 10.6 Å². The molecule has 3 aromatic rings. The van der Waals surface area contributed by atoms with Gasteiger partial charge in [-0.1, -0.05) is 31.2 Å². The molecule has 0 radical (unpaired) electrons. The van der Waals surface area contributed by atoms with Crippen LogP contribution in [0.4, 0.5) is 11.4 Å². The normalized spacial score (nSPS) is 11.5. The maximum absolute atomic E-state index is 12.8. The monoisotopic (exact) mass is 434 g/mol. The summed E-state index contributed by atoms with van der Waals surface area (Å²) < 4.78 is 5.15. The summed E-state index contributed by atoms with van der Waals surface area (Å²) in [7, 11) is 1.61. The third-order valence-corrected chi connectivity index (χ3v) is 6.14. The van der Waals surface area contributed by atoms with Crippen LogP contribution in [-0.4, -0.2) is 24.2 Å². The molecule has 0 heterocycles. The summed E-state index contributed by atoms with van der Waals surface area (Å²) >= 11 is 1.48. The standard InChI is InChI=1S/C25H26N2O3S/c1-4-23(25(29)26-18-12-14-20(30-3)15-13-18)31-21-10-7-9-19(16-21)27-24(28)22-11-6-5-8-17(22)2/h5-16,23H,4H2,1-3H3,(H,26,29)(H,27,28). The van der Waals surface area contributed by atoms with Gasteiger partial charge < -0.3 is 15.4 Å². The average molecular weight is 435 g/mol. The van der Waals surface area contributed by atoms with Gasteiger partial charge in [0.2, 0.25) is 5.91 Å². The van der Waals surface area contributed by atoms with Crippen molar-refractivity contribution in [2.45, 2.75) is 30.4 Å². The Balaban J connectivity index is 1.65. The number of hydrogen-bond acceptors (Lipinski definition) is 4. The molecule has 0 aromatic heterocycles. The highest BCUT2D eigenvalue weighted by Crippen LogP contribution is 2.29. The van der Waals surface area contributed by atoms with Crippen LogP contribution in [0.2, 0.25) is 0 Å². The Morgan fingerprint density at radius 3 is 2.35 bits per heavy atom. The third-order valence-electron chi connectivity index (χ3n) is 4.78. The van der Waals surface area contributed by atoms with E-state index >= 15 is 0 Å². The third kappa shape index (κ3) is 6.12. The van der Waals surface area contributed by atoms with Gasteiger partial charge in [-0.15, -0.1) is 11.8 Å². The number of amides is 2. The maximum Gasteiger partial charge on any atom is 0.255 e. The van der Waals surface area contributed by atoms with Crippen molar-refractivity contribution in [3.63, 3.8) is 0 Å².